The number of ether oxygens (including phenoxy) is 1. The Balaban J connectivity index is 1.74. The number of benzene rings is 1. The van der Waals surface area contributed by atoms with Crippen molar-refractivity contribution in [3.8, 4) is 5.75 Å². The summed E-state index contributed by atoms with van der Waals surface area (Å²) in [6.45, 7) is 10.3. The highest BCUT2D eigenvalue weighted by Gasteiger charge is 2.33. The van der Waals surface area contributed by atoms with E-state index in [9.17, 15) is 9.59 Å². The normalized spacial score (nSPS) is 16.1. The predicted octanol–water partition coefficient (Wildman–Crippen LogP) is 5.29. The van der Waals surface area contributed by atoms with Gasteiger partial charge in [0.2, 0.25) is 0 Å². The number of aryl methyl sites for hydroxylation is 2. The van der Waals surface area contributed by atoms with Gasteiger partial charge in [0, 0.05) is 9.90 Å². The zero-order valence-corrected chi connectivity index (χ0v) is 19.7. The fourth-order valence-corrected chi connectivity index (χ4v) is 5.43. The van der Waals surface area contributed by atoms with Crippen molar-refractivity contribution in [1.82, 2.24) is 0 Å². The lowest BCUT2D eigenvalue weighted by atomic mass is 9.72. The minimum atomic E-state index is -0.498. The lowest BCUT2D eigenvalue weighted by molar-refractivity contribution is -0.118. The number of halogens is 1. The first-order chi connectivity index (χ1) is 14.0. The topological polar surface area (TPSA) is 81.4 Å². The largest absolute Gasteiger partial charge is 0.484 e. The molecule has 1 aliphatic rings. The number of fused-ring (bicyclic) bond motifs is 1. The summed E-state index contributed by atoms with van der Waals surface area (Å²) in [7, 11) is 0. The molecule has 3 N–H and O–H groups in total. The monoisotopic (exact) mass is 448 g/mol. The van der Waals surface area contributed by atoms with Crippen LogP contribution in [-0.4, -0.2) is 18.4 Å². The summed E-state index contributed by atoms with van der Waals surface area (Å²) in [5.41, 5.74) is 9.09. The van der Waals surface area contributed by atoms with Gasteiger partial charge in [-0.05, 0) is 73.3 Å². The van der Waals surface area contributed by atoms with Crippen LogP contribution in [0.1, 0.15) is 59.1 Å². The molecule has 0 unspecified atom stereocenters. The molecule has 5 nitrogen and oxygen atoms in total. The van der Waals surface area contributed by atoms with E-state index in [4.69, 9.17) is 22.1 Å². The second kappa shape index (κ2) is 8.60. The number of carbonyl (C=O) groups excluding carboxylic acids is 2. The number of nitrogens with two attached hydrogens (primary N) is 1. The smallest absolute Gasteiger partial charge is 0.262 e. The van der Waals surface area contributed by atoms with Crippen molar-refractivity contribution in [1.29, 1.82) is 0 Å². The summed E-state index contributed by atoms with van der Waals surface area (Å²) >= 11 is 7.64. The van der Waals surface area contributed by atoms with E-state index in [0.29, 0.717) is 27.3 Å². The molecule has 30 heavy (non-hydrogen) atoms. The molecule has 0 fully saturated rings. The minimum absolute atomic E-state index is 0.161. The molecule has 7 heteroatoms. The average Bonchev–Trinajstić information content (AvgIpc) is 3.00. The van der Waals surface area contributed by atoms with Crippen molar-refractivity contribution < 1.29 is 14.3 Å². The van der Waals surface area contributed by atoms with Crippen LogP contribution in [0.2, 0.25) is 5.02 Å². The van der Waals surface area contributed by atoms with Gasteiger partial charge in [-0.25, -0.2) is 0 Å². The molecule has 1 aromatic carbocycles. The van der Waals surface area contributed by atoms with E-state index in [-0.39, 0.29) is 17.9 Å². The van der Waals surface area contributed by atoms with Gasteiger partial charge < -0.3 is 15.8 Å². The molecule has 1 atom stereocenters. The van der Waals surface area contributed by atoms with Crippen LogP contribution in [-0.2, 0) is 17.6 Å². The molecule has 0 spiro atoms. The van der Waals surface area contributed by atoms with Gasteiger partial charge in [0.1, 0.15) is 10.8 Å². The average molecular weight is 449 g/mol. The van der Waals surface area contributed by atoms with Gasteiger partial charge in [0.15, 0.2) is 6.61 Å². The van der Waals surface area contributed by atoms with Crippen LogP contribution >= 0.6 is 22.9 Å². The molecule has 162 valence electrons. The van der Waals surface area contributed by atoms with Crippen LogP contribution in [0.25, 0.3) is 0 Å². The summed E-state index contributed by atoms with van der Waals surface area (Å²) in [5, 5.41) is 4.06. The standard InChI is InChI=1S/C23H29ClN2O3S/c1-12-8-15(9-13(2)20(12)24)29-11-18(27)26-22-19(21(25)28)16-7-6-14(23(3,4)5)10-17(16)30-22/h8-9,14H,6-7,10-11H2,1-5H3,(H2,25,28)(H,26,27)/t14-/m1/s1. The lowest BCUT2D eigenvalue weighted by Crippen LogP contribution is -2.27. The molecule has 0 bridgehead atoms. The van der Waals surface area contributed by atoms with Crippen molar-refractivity contribution in [2.75, 3.05) is 11.9 Å². The zero-order chi connectivity index (χ0) is 22.2. The Hall–Kier alpha value is -2.05. The minimum Gasteiger partial charge on any atom is -0.484 e. The van der Waals surface area contributed by atoms with Gasteiger partial charge >= 0.3 is 0 Å². The van der Waals surface area contributed by atoms with Crippen molar-refractivity contribution in [3.63, 3.8) is 0 Å². The quantitative estimate of drug-likeness (QED) is 0.652. The van der Waals surface area contributed by atoms with Crippen molar-refractivity contribution in [3.05, 3.63) is 44.3 Å². The maximum Gasteiger partial charge on any atom is 0.262 e. The number of primary amides is 1. The number of nitrogens with one attached hydrogen (secondary N) is 1. The first-order valence-electron chi connectivity index (χ1n) is 10.1. The summed E-state index contributed by atoms with van der Waals surface area (Å²) < 4.78 is 5.64. The maximum absolute atomic E-state index is 12.5. The third-order valence-corrected chi connectivity index (χ3v) is 7.54. The molecule has 0 radical (unpaired) electrons. The maximum atomic E-state index is 12.5. The van der Waals surface area contributed by atoms with Crippen LogP contribution in [0.3, 0.4) is 0 Å². The summed E-state index contributed by atoms with van der Waals surface area (Å²) in [4.78, 5) is 25.8. The predicted molar refractivity (Wildman–Crippen MR) is 123 cm³/mol. The van der Waals surface area contributed by atoms with Crippen LogP contribution in [0.4, 0.5) is 5.00 Å². The number of amides is 2. The Labute approximate surface area is 186 Å². The molecular formula is C23H29ClN2O3S. The van der Waals surface area contributed by atoms with Gasteiger partial charge in [-0.1, -0.05) is 32.4 Å². The number of hydrogen-bond donors (Lipinski definition) is 2. The van der Waals surface area contributed by atoms with Crippen LogP contribution in [0.15, 0.2) is 12.1 Å². The number of thiophene rings is 1. The number of carbonyl (C=O) groups is 2. The lowest BCUT2D eigenvalue weighted by Gasteiger charge is -2.33. The molecule has 2 amide bonds. The molecule has 1 heterocycles. The molecule has 2 aromatic rings. The van der Waals surface area contributed by atoms with E-state index in [1.807, 2.05) is 13.8 Å². The molecule has 0 aliphatic heterocycles. The second-order valence-corrected chi connectivity index (χ2v) is 10.6. The third kappa shape index (κ3) is 4.81. The summed E-state index contributed by atoms with van der Waals surface area (Å²) in [5.74, 6) is 0.293. The third-order valence-electron chi connectivity index (χ3n) is 5.77. The summed E-state index contributed by atoms with van der Waals surface area (Å²) in [6.07, 6.45) is 2.72. The van der Waals surface area contributed by atoms with Gasteiger partial charge in [-0.2, -0.15) is 0 Å². The first kappa shape index (κ1) is 22.6. The fraction of sp³-hybridized carbons (Fsp3) is 0.478. The van der Waals surface area contributed by atoms with E-state index in [1.54, 1.807) is 12.1 Å². The molecule has 1 aromatic heterocycles. The molecular weight excluding hydrogens is 420 g/mol. The Morgan fingerprint density at radius 3 is 2.47 bits per heavy atom. The van der Waals surface area contributed by atoms with Crippen LogP contribution < -0.4 is 15.8 Å². The summed E-state index contributed by atoms with van der Waals surface area (Å²) in [6, 6.07) is 3.60. The molecule has 0 saturated heterocycles. The van der Waals surface area contributed by atoms with E-state index in [2.05, 4.69) is 26.1 Å². The molecule has 1 aliphatic carbocycles. The Kier molecular flexibility index (Phi) is 6.48. The van der Waals surface area contributed by atoms with E-state index in [0.717, 1.165) is 40.8 Å². The van der Waals surface area contributed by atoms with Crippen molar-refractivity contribution in [2.24, 2.45) is 17.1 Å². The Bertz CT molecular complexity index is 968. The molecule has 0 saturated carbocycles. The number of anilines is 1. The van der Waals surface area contributed by atoms with Crippen molar-refractivity contribution >= 4 is 39.8 Å². The van der Waals surface area contributed by atoms with Gasteiger partial charge in [-0.15, -0.1) is 11.3 Å². The van der Waals surface area contributed by atoms with E-state index in [1.165, 1.54) is 11.3 Å². The first-order valence-corrected chi connectivity index (χ1v) is 11.3. The van der Waals surface area contributed by atoms with Gasteiger partial charge in [0.05, 0.1) is 5.56 Å². The Morgan fingerprint density at radius 2 is 1.90 bits per heavy atom. The molecule has 3 rings (SSSR count). The fourth-order valence-electron chi connectivity index (χ4n) is 3.97. The highest BCUT2D eigenvalue weighted by molar-refractivity contribution is 7.17. The zero-order valence-electron chi connectivity index (χ0n) is 18.1. The highest BCUT2D eigenvalue weighted by atomic mass is 35.5. The number of rotatable bonds is 5. The van der Waals surface area contributed by atoms with E-state index >= 15 is 0 Å². The highest BCUT2D eigenvalue weighted by Crippen LogP contribution is 2.44. The van der Waals surface area contributed by atoms with E-state index < -0.39 is 5.91 Å². The Morgan fingerprint density at radius 1 is 1.27 bits per heavy atom. The van der Waals surface area contributed by atoms with Crippen molar-refractivity contribution in [2.45, 2.75) is 53.9 Å². The van der Waals surface area contributed by atoms with Crippen LogP contribution in [0.5, 0.6) is 5.75 Å². The van der Waals surface area contributed by atoms with Gasteiger partial charge in [0.25, 0.3) is 11.8 Å². The van der Waals surface area contributed by atoms with Crippen LogP contribution in [0, 0.1) is 25.2 Å². The SMILES string of the molecule is Cc1cc(OCC(=O)Nc2sc3c(c2C(N)=O)CC[C@@H](C(C)(C)C)C3)cc(C)c1Cl. The van der Waals surface area contributed by atoms with Gasteiger partial charge in [-0.3, -0.25) is 9.59 Å². The second-order valence-electron chi connectivity index (χ2n) is 9.09. The number of hydrogen-bond acceptors (Lipinski definition) is 4.